The summed E-state index contributed by atoms with van der Waals surface area (Å²) in [4.78, 5) is 2.41. The minimum atomic E-state index is 0.838. The van der Waals surface area contributed by atoms with Crippen molar-refractivity contribution in [2.45, 2.75) is 51.5 Å². The van der Waals surface area contributed by atoms with E-state index in [4.69, 9.17) is 0 Å². The van der Waals surface area contributed by atoms with E-state index in [-0.39, 0.29) is 0 Å². The number of rotatable bonds is 3. The molecule has 0 aromatic carbocycles. The van der Waals surface area contributed by atoms with E-state index in [0.29, 0.717) is 0 Å². The maximum Gasteiger partial charge on any atom is 0.0115 e. The second-order valence-electron chi connectivity index (χ2n) is 4.34. The van der Waals surface area contributed by atoms with Gasteiger partial charge in [0, 0.05) is 6.04 Å². The van der Waals surface area contributed by atoms with Crippen LogP contribution in [0.2, 0.25) is 0 Å². The van der Waals surface area contributed by atoms with E-state index < -0.39 is 0 Å². The third kappa shape index (κ3) is 2.48. The van der Waals surface area contributed by atoms with E-state index >= 15 is 0 Å². The molecule has 1 saturated carbocycles. The molecule has 0 amide bonds. The molecule has 0 unspecified atom stereocenters. The van der Waals surface area contributed by atoms with Crippen LogP contribution in [0.1, 0.15) is 45.4 Å². The van der Waals surface area contributed by atoms with Crippen molar-refractivity contribution in [3.8, 4) is 0 Å². The first-order valence-corrected chi connectivity index (χ1v) is 5.42. The van der Waals surface area contributed by atoms with Crippen LogP contribution in [0.4, 0.5) is 0 Å². The van der Waals surface area contributed by atoms with Crippen LogP contribution in [0.3, 0.4) is 0 Å². The molecule has 0 aromatic rings. The third-order valence-corrected chi connectivity index (χ3v) is 3.28. The fourth-order valence-electron chi connectivity index (χ4n) is 2.64. The minimum Gasteiger partial charge on any atom is -0.306 e. The highest BCUT2D eigenvalue weighted by Crippen LogP contribution is 2.29. The third-order valence-electron chi connectivity index (χ3n) is 3.28. The van der Waals surface area contributed by atoms with E-state index in [1.165, 1.54) is 38.5 Å². The smallest absolute Gasteiger partial charge is 0.0115 e. The summed E-state index contributed by atoms with van der Waals surface area (Å²) in [5.41, 5.74) is 0. The van der Waals surface area contributed by atoms with Crippen LogP contribution in [0.5, 0.6) is 0 Å². The molecule has 12 heavy (non-hydrogen) atoms. The van der Waals surface area contributed by atoms with Gasteiger partial charge in [0.2, 0.25) is 0 Å². The van der Waals surface area contributed by atoms with E-state index in [2.05, 4.69) is 25.9 Å². The first-order chi connectivity index (χ1) is 5.75. The summed E-state index contributed by atoms with van der Waals surface area (Å²) in [6, 6.07) is 0.838. The Labute approximate surface area is 77.1 Å². The van der Waals surface area contributed by atoms with Crippen LogP contribution >= 0.6 is 0 Å². The summed E-state index contributed by atoms with van der Waals surface area (Å²) in [6.45, 7) is 2.32. The van der Waals surface area contributed by atoms with Gasteiger partial charge in [-0.05, 0) is 39.3 Å². The van der Waals surface area contributed by atoms with Crippen LogP contribution in [0, 0.1) is 5.92 Å². The van der Waals surface area contributed by atoms with Gasteiger partial charge < -0.3 is 4.90 Å². The second-order valence-corrected chi connectivity index (χ2v) is 4.34. The minimum absolute atomic E-state index is 0.838. The lowest BCUT2D eigenvalue weighted by Gasteiger charge is -2.34. The average molecular weight is 169 g/mol. The summed E-state index contributed by atoms with van der Waals surface area (Å²) in [5.74, 6) is 0.985. The van der Waals surface area contributed by atoms with Gasteiger partial charge in [-0.15, -0.1) is 0 Å². The summed E-state index contributed by atoms with van der Waals surface area (Å²) in [5, 5.41) is 0. The molecule has 0 saturated heterocycles. The monoisotopic (exact) mass is 169 g/mol. The van der Waals surface area contributed by atoms with Crippen LogP contribution < -0.4 is 0 Å². The molecule has 0 N–H and O–H groups in total. The second kappa shape index (κ2) is 4.86. The lowest BCUT2D eigenvalue weighted by atomic mass is 9.82. The van der Waals surface area contributed by atoms with Crippen LogP contribution in [-0.4, -0.2) is 25.0 Å². The van der Waals surface area contributed by atoms with Crippen LogP contribution in [0.25, 0.3) is 0 Å². The largest absolute Gasteiger partial charge is 0.306 e. The maximum absolute atomic E-state index is 2.41. The molecule has 1 rings (SSSR count). The molecule has 72 valence electrons. The summed E-state index contributed by atoms with van der Waals surface area (Å²) in [7, 11) is 4.45. The fourth-order valence-corrected chi connectivity index (χ4v) is 2.64. The number of hydrogen-bond donors (Lipinski definition) is 0. The van der Waals surface area contributed by atoms with E-state index in [9.17, 15) is 0 Å². The van der Waals surface area contributed by atoms with Gasteiger partial charge in [-0.3, -0.25) is 0 Å². The summed E-state index contributed by atoms with van der Waals surface area (Å²) < 4.78 is 0. The molecule has 1 atom stereocenters. The van der Waals surface area contributed by atoms with Gasteiger partial charge in [0.05, 0.1) is 0 Å². The Morgan fingerprint density at radius 3 is 2.17 bits per heavy atom. The van der Waals surface area contributed by atoms with Crippen molar-refractivity contribution in [1.29, 1.82) is 0 Å². The Balaban J connectivity index is 2.40. The van der Waals surface area contributed by atoms with Crippen LogP contribution in [0.15, 0.2) is 0 Å². The molecule has 1 aliphatic rings. The fraction of sp³-hybridized carbons (Fsp3) is 1.00. The van der Waals surface area contributed by atoms with Crippen molar-refractivity contribution in [2.24, 2.45) is 5.92 Å². The molecular formula is C11H23N. The highest BCUT2D eigenvalue weighted by Gasteiger charge is 2.23. The van der Waals surface area contributed by atoms with Crippen LogP contribution in [-0.2, 0) is 0 Å². The van der Waals surface area contributed by atoms with Gasteiger partial charge in [0.25, 0.3) is 0 Å². The van der Waals surface area contributed by atoms with E-state index in [1.54, 1.807) is 0 Å². The van der Waals surface area contributed by atoms with Gasteiger partial charge >= 0.3 is 0 Å². The lowest BCUT2D eigenvalue weighted by molar-refractivity contribution is 0.165. The topological polar surface area (TPSA) is 3.24 Å². The van der Waals surface area contributed by atoms with Gasteiger partial charge in [0.15, 0.2) is 0 Å². The maximum atomic E-state index is 2.41. The zero-order valence-corrected chi connectivity index (χ0v) is 8.84. The van der Waals surface area contributed by atoms with Gasteiger partial charge in [-0.2, -0.15) is 0 Å². The predicted octanol–water partition coefficient (Wildman–Crippen LogP) is 2.91. The van der Waals surface area contributed by atoms with E-state index in [1.807, 2.05) is 0 Å². The molecule has 1 nitrogen and oxygen atoms in total. The molecule has 1 heteroatoms. The van der Waals surface area contributed by atoms with Crippen molar-refractivity contribution < 1.29 is 0 Å². The molecule has 1 aliphatic carbocycles. The zero-order chi connectivity index (χ0) is 8.97. The average Bonchev–Trinajstić information content (AvgIpc) is 2.07. The predicted molar refractivity (Wildman–Crippen MR) is 54.3 cm³/mol. The molecule has 0 heterocycles. The Hall–Kier alpha value is -0.0400. The highest BCUT2D eigenvalue weighted by molar-refractivity contribution is 4.77. The molecular weight excluding hydrogens is 146 g/mol. The Morgan fingerprint density at radius 2 is 1.75 bits per heavy atom. The molecule has 0 bridgehead atoms. The highest BCUT2D eigenvalue weighted by atomic mass is 15.1. The number of nitrogens with zero attached hydrogens (tertiary/aromatic N) is 1. The van der Waals surface area contributed by atoms with Gasteiger partial charge in [-0.25, -0.2) is 0 Å². The molecule has 0 radical (unpaired) electrons. The van der Waals surface area contributed by atoms with Crippen molar-refractivity contribution in [3.63, 3.8) is 0 Å². The molecule has 0 aliphatic heterocycles. The SMILES string of the molecule is CC[C@@H](C1CCCCC1)N(C)C. The van der Waals surface area contributed by atoms with Crippen molar-refractivity contribution in [1.82, 2.24) is 4.90 Å². The first kappa shape index (κ1) is 10.0. The molecule has 0 spiro atoms. The Morgan fingerprint density at radius 1 is 1.17 bits per heavy atom. The van der Waals surface area contributed by atoms with Gasteiger partial charge in [0.1, 0.15) is 0 Å². The van der Waals surface area contributed by atoms with Gasteiger partial charge in [-0.1, -0.05) is 26.2 Å². The summed E-state index contributed by atoms with van der Waals surface area (Å²) >= 11 is 0. The standard InChI is InChI=1S/C11H23N/c1-4-11(12(2)3)10-8-6-5-7-9-10/h10-11H,4-9H2,1-3H3/t11-/m0/s1. The normalized spacial score (nSPS) is 23.0. The van der Waals surface area contributed by atoms with Crippen molar-refractivity contribution in [3.05, 3.63) is 0 Å². The Bertz CT molecular complexity index is 114. The van der Waals surface area contributed by atoms with Crippen molar-refractivity contribution in [2.75, 3.05) is 14.1 Å². The number of hydrogen-bond acceptors (Lipinski definition) is 1. The molecule has 0 aromatic heterocycles. The van der Waals surface area contributed by atoms with E-state index in [0.717, 1.165) is 12.0 Å². The quantitative estimate of drug-likeness (QED) is 0.628. The first-order valence-electron chi connectivity index (χ1n) is 5.42. The van der Waals surface area contributed by atoms with Crippen molar-refractivity contribution >= 4 is 0 Å². The Kier molecular flexibility index (Phi) is 4.07. The lowest BCUT2D eigenvalue weighted by Crippen LogP contribution is -2.35. The summed E-state index contributed by atoms with van der Waals surface area (Å²) in [6.07, 6.45) is 8.66. The zero-order valence-electron chi connectivity index (χ0n) is 8.84. The molecule has 1 fully saturated rings.